The van der Waals surface area contributed by atoms with E-state index in [4.69, 9.17) is 9.47 Å². The van der Waals surface area contributed by atoms with E-state index in [-0.39, 0.29) is 31.1 Å². The van der Waals surface area contributed by atoms with Crippen molar-refractivity contribution >= 4 is 11.9 Å². The molecule has 163 valence electrons. The summed E-state index contributed by atoms with van der Waals surface area (Å²) in [4.78, 5) is 23.8. The fourth-order valence-electron chi connectivity index (χ4n) is 3.12. The first-order chi connectivity index (χ1) is 13.4. The monoisotopic (exact) mass is 407 g/mol. The van der Waals surface area contributed by atoms with Crippen LogP contribution < -0.4 is 0 Å². The quantitative estimate of drug-likeness (QED) is 0.422. The predicted octanol–water partition coefficient (Wildman–Crippen LogP) is 3.29. The van der Waals surface area contributed by atoms with Gasteiger partial charge in [0, 0.05) is 12.8 Å². The van der Waals surface area contributed by atoms with Gasteiger partial charge >= 0.3 is 11.9 Å². The summed E-state index contributed by atoms with van der Waals surface area (Å²) < 4.78 is 11.0. The van der Waals surface area contributed by atoms with Crippen molar-refractivity contribution in [1.82, 2.24) is 0 Å². The molecule has 0 amide bonds. The SMILES string of the molecule is [CH2][C@@H](C)/C=C/C=C(\C)[C@H]1OC(=O)C[C@@H](O)CC[C@](C)(O)[C@@H](OC(C)=O)/C=C/[C@@H]1C. The number of aliphatic hydroxyl groups is 2. The Labute approximate surface area is 174 Å². The number of allylic oxidation sites excluding steroid dienone is 3. The van der Waals surface area contributed by atoms with Gasteiger partial charge in [0.2, 0.25) is 0 Å². The third-order valence-electron chi connectivity index (χ3n) is 4.86. The Balaban J connectivity index is 3.24. The molecule has 0 aromatic heterocycles. The zero-order chi connectivity index (χ0) is 22.2. The van der Waals surface area contributed by atoms with Gasteiger partial charge < -0.3 is 19.7 Å². The molecule has 1 rings (SSSR count). The van der Waals surface area contributed by atoms with Gasteiger partial charge in [-0.2, -0.15) is 0 Å². The highest BCUT2D eigenvalue weighted by Crippen LogP contribution is 2.26. The highest BCUT2D eigenvalue weighted by Gasteiger charge is 2.34. The van der Waals surface area contributed by atoms with Crippen LogP contribution in [0.1, 0.15) is 53.9 Å². The number of cyclic esters (lactones) is 1. The molecule has 0 unspecified atom stereocenters. The number of ether oxygens (including phenoxy) is 2. The van der Waals surface area contributed by atoms with Crippen molar-refractivity contribution in [2.75, 3.05) is 0 Å². The number of carbonyl (C=O) groups is 2. The van der Waals surface area contributed by atoms with E-state index in [1.165, 1.54) is 6.92 Å². The second-order valence-corrected chi connectivity index (χ2v) is 8.21. The molecule has 1 heterocycles. The van der Waals surface area contributed by atoms with Crippen LogP contribution in [-0.2, 0) is 19.1 Å². The number of aliphatic hydroxyl groups excluding tert-OH is 1. The average Bonchev–Trinajstić information content (AvgIpc) is 2.59. The highest BCUT2D eigenvalue weighted by molar-refractivity contribution is 5.70. The van der Waals surface area contributed by atoms with E-state index in [9.17, 15) is 19.8 Å². The van der Waals surface area contributed by atoms with Crippen LogP contribution in [0.2, 0.25) is 0 Å². The summed E-state index contributed by atoms with van der Waals surface area (Å²) in [5.74, 6) is -1.10. The lowest BCUT2D eigenvalue weighted by molar-refractivity contribution is -0.157. The minimum absolute atomic E-state index is 0.150. The molecule has 6 nitrogen and oxygen atoms in total. The number of carbonyl (C=O) groups excluding carboxylic acids is 2. The van der Waals surface area contributed by atoms with Gasteiger partial charge in [0.25, 0.3) is 0 Å². The second-order valence-electron chi connectivity index (χ2n) is 8.21. The largest absolute Gasteiger partial charge is 0.457 e. The van der Waals surface area contributed by atoms with Crippen molar-refractivity contribution in [3.05, 3.63) is 42.9 Å². The Morgan fingerprint density at radius 1 is 1.41 bits per heavy atom. The zero-order valence-corrected chi connectivity index (χ0v) is 18.1. The van der Waals surface area contributed by atoms with Crippen molar-refractivity contribution in [2.24, 2.45) is 11.8 Å². The zero-order valence-electron chi connectivity index (χ0n) is 18.1. The van der Waals surface area contributed by atoms with E-state index >= 15 is 0 Å². The summed E-state index contributed by atoms with van der Waals surface area (Å²) >= 11 is 0. The lowest BCUT2D eigenvalue weighted by Crippen LogP contribution is -2.42. The summed E-state index contributed by atoms with van der Waals surface area (Å²) in [5, 5.41) is 21.0. The normalized spacial score (nSPS) is 33.7. The fourth-order valence-corrected chi connectivity index (χ4v) is 3.12. The smallest absolute Gasteiger partial charge is 0.309 e. The van der Waals surface area contributed by atoms with E-state index in [0.717, 1.165) is 5.57 Å². The molecule has 0 saturated carbocycles. The third-order valence-corrected chi connectivity index (χ3v) is 4.86. The molecule has 0 fully saturated rings. The number of rotatable bonds is 4. The van der Waals surface area contributed by atoms with Gasteiger partial charge in [0.15, 0.2) is 0 Å². The Hall–Kier alpha value is -1.92. The first-order valence-corrected chi connectivity index (χ1v) is 10.1. The van der Waals surface area contributed by atoms with Crippen molar-refractivity contribution in [3.63, 3.8) is 0 Å². The van der Waals surface area contributed by atoms with Crippen LogP contribution in [0.25, 0.3) is 0 Å². The van der Waals surface area contributed by atoms with Gasteiger partial charge in [-0.1, -0.05) is 38.2 Å². The van der Waals surface area contributed by atoms with Crippen LogP contribution in [0.5, 0.6) is 0 Å². The van der Waals surface area contributed by atoms with Crippen LogP contribution in [0, 0.1) is 18.8 Å². The Kier molecular flexibility index (Phi) is 9.80. The van der Waals surface area contributed by atoms with E-state index in [0.29, 0.717) is 0 Å². The highest BCUT2D eigenvalue weighted by atomic mass is 16.6. The van der Waals surface area contributed by atoms with Crippen LogP contribution in [0.3, 0.4) is 0 Å². The van der Waals surface area contributed by atoms with E-state index in [2.05, 4.69) is 6.92 Å². The lowest BCUT2D eigenvalue weighted by Gasteiger charge is -2.32. The molecule has 6 heteroatoms. The first-order valence-electron chi connectivity index (χ1n) is 10.1. The van der Waals surface area contributed by atoms with Crippen LogP contribution >= 0.6 is 0 Å². The van der Waals surface area contributed by atoms with Crippen molar-refractivity contribution in [2.45, 2.75) is 77.8 Å². The molecular formula is C23H35O6. The fraction of sp³-hybridized carbons (Fsp3) is 0.609. The molecule has 2 N–H and O–H groups in total. The summed E-state index contributed by atoms with van der Waals surface area (Å²) in [6, 6.07) is 0. The molecule has 0 saturated heterocycles. The molecule has 6 atom stereocenters. The number of esters is 2. The van der Waals surface area contributed by atoms with Gasteiger partial charge in [-0.05, 0) is 51.2 Å². The van der Waals surface area contributed by atoms with Gasteiger partial charge in [-0.15, -0.1) is 0 Å². The standard InChI is InChI=1S/C23H35O6/c1-15(2)8-7-9-16(3)22-17(4)10-11-20(28-18(5)24)23(6,27)13-12-19(25)14-21(26)29-22/h7-11,15,17,19-20,22,25,27H,1,12-14H2,2-6H3/b8-7+,11-10+,16-9+/t15-,17-,19-,20-,22+,23-/m0/s1. The third kappa shape index (κ3) is 8.96. The van der Waals surface area contributed by atoms with E-state index in [1.807, 2.05) is 39.0 Å². The maximum atomic E-state index is 12.3. The van der Waals surface area contributed by atoms with Gasteiger partial charge in [0.1, 0.15) is 17.8 Å². The molecule has 0 aromatic carbocycles. The summed E-state index contributed by atoms with van der Waals surface area (Å²) in [5.41, 5.74) is -0.547. The molecule has 0 bridgehead atoms. The molecule has 1 aliphatic heterocycles. The Bertz CT molecular complexity index is 644. The van der Waals surface area contributed by atoms with E-state index < -0.39 is 35.9 Å². The Morgan fingerprint density at radius 3 is 2.66 bits per heavy atom. The number of hydrogen-bond acceptors (Lipinski definition) is 6. The predicted molar refractivity (Wildman–Crippen MR) is 112 cm³/mol. The number of hydrogen-bond donors (Lipinski definition) is 2. The second kappa shape index (κ2) is 11.3. The van der Waals surface area contributed by atoms with Crippen LogP contribution in [0.4, 0.5) is 0 Å². The first kappa shape index (κ1) is 25.1. The van der Waals surface area contributed by atoms with Crippen molar-refractivity contribution in [3.8, 4) is 0 Å². The molecule has 1 aliphatic rings. The minimum Gasteiger partial charge on any atom is -0.457 e. The van der Waals surface area contributed by atoms with Gasteiger partial charge in [-0.25, -0.2) is 0 Å². The topological polar surface area (TPSA) is 93.1 Å². The van der Waals surface area contributed by atoms with Crippen molar-refractivity contribution in [1.29, 1.82) is 0 Å². The van der Waals surface area contributed by atoms with Gasteiger partial charge in [-0.3, -0.25) is 9.59 Å². The Morgan fingerprint density at radius 2 is 2.07 bits per heavy atom. The van der Waals surface area contributed by atoms with Crippen LogP contribution in [0.15, 0.2) is 36.0 Å². The maximum absolute atomic E-state index is 12.3. The van der Waals surface area contributed by atoms with Crippen molar-refractivity contribution < 1.29 is 29.3 Å². The molecule has 0 spiro atoms. The molecule has 0 aliphatic carbocycles. The maximum Gasteiger partial charge on any atom is 0.309 e. The summed E-state index contributed by atoms with van der Waals surface area (Å²) in [7, 11) is 0. The summed E-state index contributed by atoms with van der Waals surface area (Å²) in [6.45, 7) is 12.4. The summed E-state index contributed by atoms with van der Waals surface area (Å²) in [6.07, 6.45) is 6.86. The van der Waals surface area contributed by atoms with Gasteiger partial charge in [0.05, 0.1) is 12.5 Å². The molecular weight excluding hydrogens is 372 g/mol. The molecule has 1 radical (unpaired) electrons. The lowest BCUT2D eigenvalue weighted by atomic mass is 9.88. The minimum atomic E-state index is -1.38. The average molecular weight is 408 g/mol. The molecule has 29 heavy (non-hydrogen) atoms. The molecule has 0 aromatic rings. The van der Waals surface area contributed by atoms with Crippen LogP contribution in [-0.4, -0.2) is 46.1 Å². The van der Waals surface area contributed by atoms with E-state index in [1.54, 1.807) is 19.1 Å².